The van der Waals surface area contributed by atoms with Gasteiger partial charge in [0.25, 0.3) is 0 Å². The van der Waals surface area contributed by atoms with Gasteiger partial charge in [0.1, 0.15) is 6.61 Å². The lowest BCUT2D eigenvalue weighted by atomic mass is 10.1. The number of unbranched alkanes of at least 4 members (excludes halogenated alkanes) is 19. The van der Waals surface area contributed by atoms with Crippen LogP contribution in [-0.4, -0.2) is 36.4 Å². The van der Waals surface area contributed by atoms with E-state index in [2.05, 4.69) is 38.2 Å². The molecule has 0 saturated carbocycles. The summed E-state index contributed by atoms with van der Waals surface area (Å²) in [5.41, 5.74) is 0. The van der Waals surface area contributed by atoms with Crippen molar-refractivity contribution in [2.45, 2.75) is 180 Å². The normalized spacial score (nSPS) is 12.4. The highest BCUT2D eigenvalue weighted by atomic mass is 16.6. The molecule has 0 bridgehead atoms. The summed E-state index contributed by atoms with van der Waals surface area (Å²) in [7, 11) is 0. The van der Waals surface area contributed by atoms with Gasteiger partial charge in [-0.05, 0) is 44.9 Å². The largest absolute Gasteiger partial charge is 0.462 e. The number of hydrogen-bond acceptors (Lipinski definition) is 5. The molecule has 1 N–H and O–H groups in total. The number of allylic oxidation sites excluding steroid dienone is 4. The molecule has 41 heavy (non-hydrogen) atoms. The van der Waals surface area contributed by atoms with Crippen molar-refractivity contribution in [1.29, 1.82) is 0 Å². The zero-order valence-corrected chi connectivity index (χ0v) is 27.1. The molecule has 0 radical (unpaired) electrons. The number of aliphatic hydroxyl groups is 1. The summed E-state index contributed by atoms with van der Waals surface area (Å²) >= 11 is 0. The van der Waals surface area contributed by atoms with Gasteiger partial charge in [-0.25, -0.2) is 0 Å². The Labute approximate surface area is 253 Å². The van der Waals surface area contributed by atoms with Crippen LogP contribution in [0.15, 0.2) is 24.3 Å². The number of carbonyl (C=O) groups is 2. The fourth-order valence-corrected chi connectivity index (χ4v) is 4.82. The monoisotopic (exact) mass is 578 g/mol. The van der Waals surface area contributed by atoms with Crippen molar-refractivity contribution in [3.63, 3.8) is 0 Å². The number of hydrogen-bond donors (Lipinski definition) is 1. The van der Waals surface area contributed by atoms with Gasteiger partial charge in [-0.15, -0.1) is 0 Å². The second kappa shape index (κ2) is 32.9. The van der Waals surface area contributed by atoms with Gasteiger partial charge in [-0.3, -0.25) is 9.59 Å². The molecule has 240 valence electrons. The van der Waals surface area contributed by atoms with E-state index in [1.54, 1.807) is 0 Å². The number of aliphatic hydroxyl groups excluding tert-OH is 1. The standard InChI is InChI=1S/C36H66O5/c1-3-5-7-9-11-13-14-15-16-17-18-19-20-21-22-23-25-27-29-31-36(39)41-34(32-37)33-40-35(38)30-28-26-24-12-10-8-6-4-2/h11,13,15-16,34,37H,3-10,12,14,17-33H2,1-2H3/b13-11+,16-15+/t34-/m0/s1. The maximum Gasteiger partial charge on any atom is 0.306 e. The molecule has 5 nitrogen and oxygen atoms in total. The summed E-state index contributed by atoms with van der Waals surface area (Å²) in [4.78, 5) is 24.0. The Morgan fingerprint density at radius 1 is 0.561 bits per heavy atom. The second-order valence-corrected chi connectivity index (χ2v) is 11.6. The molecule has 0 saturated heterocycles. The van der Waals surface area contributed by atoms with Crippen LogP contribution in [0.1, 0.15) is 174 Å². The molecule has 0 unspecified atom stereocenters. The lowest BCUT2D eigenvalue weighted by molar-refractivity contribution is -0.161. The molecule has 0 rings (SSSR count). The molecule has 0 aliphatic carbocycles. The fraction of sp³-hybridized carbons (Fsp3) is 0.833. The second-order valence-electron chi connectivity index (χ2n) is 11.6. The van der Waals surface area contributed by atoms with Crippen LogP contribution >= 0.6 is 0 Å². The number of rotatable bonds is 31. The van der Waals surface area contributed by atoms with E-state index in [-0.39, 0.29) is 25.2 Å². The minimum atomic E-state index is -0.766. The van der Waals surface area contributed by atoms with E-state index in [0.717, 1.165) is 44.9 Å². The number of esters is 2. The minimum absolute atomic E-state index is 0.0646. The molecule has 0 aromatic heterocycles. The average molecular weight is 579 g/mol. The van der Waals surface area contributed by atoms with Crippen molar-refractivity contribution in [3.8, 4) is 0 Å². The quantitative estimate of drug-likeness (QED) is 0.0503. The van der Waals surface area contributed by atoms with Crippen molar-refractivity contribution in [3.05, 3.63) is 24.3 Å². The third-order valence-electron chi connectivity index (χ3n) is 7.50. The zero-order valence-electron chi connectivity index (χ0n) is 27.1. The van der Waals surface area contributed by atoms with Crippen LogP contribution in [-0.2, 0) is 19.1 Å². The van der Waals surface area contributed by atoms with Gasteiger partial charge in [-0.1, -0.05) is 141 Å². The van der Waals surface area contributed by atoms with Crippen LogP contribution in [0.5, 0.6) is 0 Å². The Morgan fingerprint density at radius 3 is 1.49 bits per heavy atom. The highest BCUT2D eigenvalue weighted by molar-refractivity contribution is 5.70. The van der Waals surface area contributed by atoms with E-state index < -0.39 is 6.10 Å². The van der Waals surface area contributed by atoms with Crippen molar-refractivity contribution in [2.75, 3.05) is 13.2 Å². The van der Waals surface area contributed by atoms with Crippen molar-refractivity contribution < 1.29 is 24.2 Å². The van der Waals surface area contributed by atoms with Crippen LogP contribution in [0.25, 0.3) is 0 Å². The first-order valence-corrected chi connectivity index (χ1v) is 17.4. The van der Waals surface area contributed by atoms with E-state index in [1.807, 2.05) is 0 Å². The number of carbonyl (C=O) groups excluding carboxylic acids is 2. The van der Waals surface area contributed by atoms with Crippen LogP contribution in [0.4, 0.5) is 0 Å². The fourth-order valence-electron chi connectivity index (χ4n) is 4.82. The van der Waals surface area contributed by atoms with Crippen molar-refractivity contribution >= 4 is 11.9 Å². The van der Waals surface area contributed by atoms with Crippen LogP contribution in [0.2, 0.25) is 0 Å². The third kappa shape index (κ3) is 31.2. The molecular weight excluding hydrogens is 512 g/mol. The molecule has 0 spiro atoms. The summed E-state index contributed by atoms with van der Waals surface area (Å²) in [6.45, 7) is 4.07. The van der Waals surface area contributed by atoms with Crippen LogP contribution < -0.4 is 0 Å². The Kier molecular flexibility index (Phi) is 31.6. The molecule has 0 heterocycles. The summed E-state index contributed by atoms with van der Waals surface area (Å²) in [6, 6.07) is 0. The minimum Gasteiger partial charge on any atom is -0.462 e. The molecule has 0 amide bonds. The molecule has 0 aliphatic heterocycles. The van der Waals surface area contributed by atoms with Crippen LogP contribution in [0.3, 0.4) is 0 Å². The van der Waals surface area contributed by atoms with Gasteiger partial charge in [0.15, 0.2) is 6.10 Å². The van der Waals surface area contributed by atoms with E-state index in [0.29, 0.717) is 12.8 Å². The van der Waals surface area contributed by atoms with Gasteiger partial charge in [0.05, 0.1) is 6.61 Å². The molecular formula is C36H66O5. The lowest BCUT2D eigenvalue weighted by Crippen LogP contribution is -2.28. The lowest BCUT2D eigenvalue weighted by Gasteiger charge is -2.15. The van der Waals surface area contributed by atoms with E-state index in [9.17, 15) is 14.7 Å². The van der Waals surface area contributed by atoms with Crippen molar-refractivity contribution in [2.24, 2.45) is 0 Å². The molecule has 0 fully saturated rings. The maximum absolute atomic E-state index is 12.1. The van der Waals surface area contributed by atoms with Gasteiger partial charge in [0, 0.05) is 12.8 Å². The number of ether oxygens (including phenoxy) is 2. The SMILES string of the molecule is CCCCC/C=C/C/C=C/CCCCCCCCCCCC(=O)O[C@@H](CO)COC(=O)CCCCCCCCCC. The topological polar surface area (TPSA) is 72.8 Å². The Balaban J connectivity index is 3.54. The predicted octanol–water partition coefficient (Wildman–Crippen LogP) is 10.3. The third-order valence-corrected chi connectivity index (χ3v) is 7.50. The highest BCUT2D eigenvalue weighted by Crippen LogP contribution is 2.13. The molecule has 0 aliphatic rings. The Bertz CT molecular complexity index is 627. The zero-order chi connectivity index (χ0) is 30.1. The first kappa shape index (κ1) is 39.4. The molecule has 1 atom stereocenters. The van der Waals surface area contributed by atoms with Gasteiger partial charge in [-0.2, -0.15) is 0 Å². The molecule has 0 aromatic carbocycles. The summed E-state index contributed by atoms with van der Waals surface area (Å²) in [6.07, 6.45) is 36.7. The first-order valence-electron chi connectivity index (χ1n) is 17.4. The smallest absolute Gasteiger partial charge is 0.306 e. The van der Waals surface area contributed by atoms with Gasteiger partial charge in [0.2, 0.25) is 0 Å². The average Bonchev–Trinajstić information content (AvgIpc) is 2.97. The van der Waals surface area contributed by atoms with Gasteiger partial charge < -0.3 is 14.6 Å². The first-order chi connectivity index (χ1) is 20.1. The van der Waals surface area contributed by atoms with E-state index in [1.165, 1.54) is 103 Å². The predicted molar refractivity (Wildman–Crippen MR) is 173 cm³/mol. The summed E-state index contributed by atoms with van der Waals surface area (Å²) in [5.74, 6) is -0.598. The van der Waals surface area contributed by atoms with Crippen molar-refractivity contribution in [1.82, 2.24) is 0 Å². The summed E-state index contributed by atoms with van der Waals surface area (Å²) < 4.78 is 10.5. The molecule has 5 heteroatoms. The van der Waals surface area contributed by atoms with E-state index in [4.69, 9.17) is 9.47 Å². The Hall–Kier alpha value is -1.62. The highest BCUT2D eigenvalue weighted by Gasteiger charge is 2.16. The maximum atomic E-state index is 12.1. The summed E-state index contributed by atoms with van der Waals surface area (Å²) in [5, 5.41) is 9.48. The van der Waals surface area contributed by atoms with Gasteiger partial charge >= 0.3 is 11.9 Å². The molecule has 0 aromatic rings. The van der Waals surface area contributed by atoms with Crippen LogP contribution in [0, 0.1) is 0 Å². The van der Waals surface area contributed by atoms with E-state index >= 15 is 0 Å². The Morgan fingerprint density at radius 2 is 0.976 bits per heavy atom.